The predicted octanol–water partition coefficient (Wildman–Crippen LogP) is 7.56. The number of hydrogen-bond acceptors (Lipinski definition) is 8. The van der Waals surface area contributed by atoms with Crippen LogP contribution in [0.15, 0.2) is 30.3 Å². The standard InChI is InChI=1S/C46H81N3O8/c1-3-5-7-9-11-13-15-19-27-33-41(51)49-38(45(55)47-34-28-21-16-14-12-10-8-6-4-2)36-56-46-44(54)43(53)42(52)39(57-46)35-48-40(50)32-26-20-17-18-23-29-37-30-24-22-25-31-37/h22,24-25,30-31,38-39,42-44,46,52-54H,3-21,23,26-29,32-36H2,1-2H3,(H,47,55)(H,48,50)(H,49,51)/t38-,39+,42-,43-,44+,46-/m0/s1. The molecule has 1 heterocycles. The number of carbonyl (C=O) groups excluding carboxylic acids is 3. The van der Waals surface area contributed by atoms with Gasteiger partial charge in [0.2, 0.25) is 17.7 Å². The van der Waals surface area contributed by atoms with Crippen LogP contribution in [0.25, 0.3) is 0 Å². The highest BCUT2D eigenvalue weighted by molar-refractivity contribution is 5.87. The third-order valence-electron chi connectivity index (χ3n) is 11.0. The first-order valence-corrected chi connectivity index (χ1v) is 23.0. The van der Waals surface area contributed by atoms with E-state index in [1.54, 1.807) is 0 Å². The number of unbranched alkanes of at least 4 members (excludes halogenated alkanes) is 20. The SMILES string of the molecule is CCCCCCCCCCCNC(=O)[C@H](CO[C@H]1O[C@H](CNC(=O)CCCCCCCc2ccccc2)[C@H](O)[C@H](O)[C@H]1O)NC(=O)CCCCCCCCCCC. The summed E-state index contributed by atoms with van der Waals surface area (Å²) in [6.45, 7) is 4.52. The maximum Gasteiger partial charge on any atom is 0.244 e. The van der Waals surface area contributed by atoms with Crippen LogP contribution in [0.5, 0.6) is 0 Å². The zero-order valence-corrected chi connectivity index (χ0v) is 35.7. The minimum atomic E-state index is -1.60. The molecule has 0 saturated carbocycles. The Balaban J connectivity index is 1.80. The van der Waals surface area contributed by atoms with Crippen LogP contribution >= 0.6 is 0 Å². The van der Waals surface area contributed by atoms with Gasteiger partial charge in [-0.1, -0.05) is 166 Å². The third kappa shape index (κ3) is 24.2. The number of rotatable bonds is 35. The van der Waals surface area contributed by atoms with E-state index in [0.29, 0.717) is 19.4 Å². The van der Waals surface area contributed by atoms with Gasteiger partial charge in [0.25, 0.3) is 0 Å². The fraction of sp³-hybridized carbons (Fsp3) is 0.804. The molecule has 6 N–H and O–H groups in total. The molecule has 0 aliphatic carbocycles. The second-order valence-electron chi connectivity index (χ2n) is 16.2. The molecule has 1 aliphatic rings. The quantitative estimate of drug-likeness (QED) is 0.0383. The first kappa shape index (κ1) is 50.6. The number of carbonyl (C=O) groups is 3. The van der Waals surface area contributed by atoms with Crippen molar-refractivity contribution < 1.29 is 39.2 Å². The highest BCUT2D eigenvalue weighted by Gasteiger charge is 2.44. The normalized spacial score (nSPS) is 19.9. The van der Waals surface area contributed by atoms with Crippen LogP contribution in [-0.4, -0.2) is 89.5 Å². The van der Waals surface area contributed by atoms with Crippen molar-refractivity contribution in [2.45, 2.75) is 218 Å². The zero-order chi connectivity index (χ0) is 41.4. The summed E-state index contributed by atoms with van der Waals surface area (Å²) in [5.74, 6) is -0.828. The lowest BCUT2D eigenvalue weighted by atomic mass is 9.98. The molecule has 11 heteroatoms. The van der Waals surface area contributed by atoms with Crippen molar-refractivity contribution >= 4 is 17.7 Å². The van der Waals surface area contributed by atoms with Gasteiger partial charge >= 0.3 is 0 Å². The van der Waals surface area contributed by atoms with Crippen LogP contribution in [0.1, 0.15) is 180 Å². The molecular weight excluding hydrogens is 723 g/mol. The molecule has 6 atom stereocenters. The van der Waals surface area contributed by atoms with E-state index in [1.165, 1.54) is 76.2 Å². The van der Waals surface area contributed by atoms with Crippen LogP contribution in [0.2, 0.25) is 0 Å². The Morgan fingerprint density at radius 3 is 1.70 bits per heavy atom. The lowest BCUT2D eigenvalue weighted by molar-refractivity contribution is -0.295. The molecule has 1 aromatic carbocycles. The number of aliphatic hydroxyl groups excluding tert-OH is 3. The summed E-state index contributed by atoms with van der Waals surface area (Å²) in [5, 5.41) is 40.5. The van der Waals surface area contributed by atoms with Gasteiger partial charge in [-0.2, -0.15) is 0 Å². The number of amides is 3. The Hall–Kier alpha value is -2.57. The van der Waals surface area contributed by atoms with Crippen LogP contribution in [-0.2, 0) is 30.3 Å². The molecule has 0 bridgehead atoms. The predicted molar refractivity (Wildman–Crippen MR) is 228 cm³/mol. The molecule has 3 amide bonds. The topological polar surface area (TPSA) is 166 Å². The van der Waals surface area contributed by atoms with E-state index in [1.807, 2.05) is 6.07 Å². The van der Waals surface area contributed by atoms with E-state index >= 15 is 0 Å². The van der Waals surface area contributed by atoms with Gasteiger partial charge in [-0.25, -0.2) is 0 Å². The molecule has 0 aromatic heterocycles. The molecule has 57 heavy (non-hydrogen) atoms. The van der Waals surface area contributed by atoms with Crippen molar-refractivity contribution in [2.75, 3.05) is 19.7 Å². The highest BCUT2D eigenvalue weighted by atomic mass is 16.7. The molecule has 1 aromatic rings. The number of benzene rings is 1. The fourth-order valence-corrected chi connectivity index (χ4v) is 7.32. The van der Waals surface area contributed by atoms with E-state index in [-0.39, 0.29) is 30.9 Å². The molecule has 1 saturated heterocycles. The zero-order valence-electron chi connectivity index (χ0n) is 35.7. The van der Waals surface area contributed by atoms with E-state index < -0.39 is 36.7 Å². The Kier molecular flexibility index (Phi) is 29.5. The molecule has 0 spiro atoms. The number of ether oxygens (including phenoxy) is 2. The summed E-state index contributed by atoms with van der Waals surface area (Å²) in [5.41, 5.74) is 1.34. The Morgan fingerprint density at radius 2 is 1.12 bits per heavy atom. The second kappa shape index (κ2) is 33.3. The van der Waals surface area contributed by atoms with Gasteiger partial charge in [0.05, 0.1) is 6.61 Å². The largest absolute Gasteiger partial charge is 0.388 e. The summed E-state index contributed by atoms with van der Waals surface area (Å²) in [4.78, 5) is 38.9. The molecule has 1 fully saturated rings. The van der Waals surface area contributed by atoms with Gasteiger partial charge in [-0.05, 0) is 37.7 Å². The smallest absolute Gasteiger partial charge is 0.244 e. The fourth-order valence-electron chi connectivity index (χ4n) is 7.32. The minimum absolute atomic E-state index is 0.0845. The van der Waals surface area contributed by atoms with Gasteiger partial charge in [-0.3, -0.25) is 14.4 Å². The van der Waals surface area contributed by atoms with Gasteiger partial charge in [0.1, 0.15) is 30.5 Å². The lowest BCUT2D eigenvalue weighted by Crippen LogP contribution is -2.61. The van der Waals surface area contributed by atoms with Crippen LogP contribution in [0.4, 0.5) is 0 Å². The minimum Gasteiger partial charge on any atom is -0.388 e. The monoisotopic (exact) mass is 804 g/mol. The number of aliphatic hydroxyl groups is 3. The third-order valence-corrected chi connectivity index (χ3v) is 11.0. The lowest BCUT2D eigenvalue weighted by Gasteiger charge is -2.40. The van der Waals surface area contributed by atoms with Crippen LogP contribution in [0.3, 0.4) is 0 Å². The summed E-state index contributed by atoms with van der Waals surface area (Å²) in [6, 6.07) is 9.37. The van der Waals surface area contributed by atoms with Crippen LogP contribution in [0, 0.1) is 0 Å². The Labute approximate surface area is 345 Å². The van der Waals surface area contributed by atoms with Gasteiger partial charge in [0, 0.05) is 25.9 Å². The number of nitrogens with one attached hydrogen (secondary N) is 3. The van der Waals surface area contributed by atoms with Gasteiger partial charge in [0.15, 0.2) is 6.29 Å². The molecular formula is C46H81N3O8. The average Bonchev–Trinajstić information content (AvgIpc) is 3.21. The summed E-state index contributed by atoms with van der Waals surface area (Å²) < 4.78 is 11.7. The van der Waals surface area contributed by atoms with Gasteiger partial charge in [-0.15, -0.1) is 0 Å². The first-order valence-electron chi connectivity index (χ1n) is 23.0. The maximum atomic E-state index is 13.3. The Morgan fingerprint density at radius 1 is 0.614 bits per heavy atom. The van der Waals surface area contributed by atoms with E-state index in [4.69, 9.17) is 9.47 Å². The molecule has 1 aliphatic heterocycles. The van der Waals surface area contributed by atoms with E-state index in [2.05, 4.69) is 54.1 Å². The van der Waals surface area contributed by atoms with E-state index in [0.717, 1.165) is 83.5 Å². The summed E-state index contributed by atoms with van der Waals surface area (Å²) >= 11 is 0. The highest BCUT2D eigenvalue weighted by Crippen LogP contribution is 2.22. The molecule has 2 rings (SSSR count). The Bertz CT molecular complexity index is 1160. The van der Waals surface area contributed by atoms with E-state index in [9.17, 15) is 29.7 Å². The maximum absolute atomic E-state index is 13.3. The molecule has 328 valence electrons. The summed E-state index contributed by atoms with van der Waals surface area (Å²) in [6.07, 6.45) is 20.2. The van der Waals surface area contributed by atoms with Crippen molar-refractivity contribution in [1.29, 1.82) is 0 Å². The summed E-state index contributed by atoms with van der Waals surface area (Å²) in [7, 11) is 0. The van der Waals surface area contributed by atoms with Gasteiger partial charge < -0.3 is 40.7 Å². The van der Waals surface area contributed by atoms with Crippen molar-refractivity contribution in [2.24, 2.45) is 0 Å². The van der Waals surface area contributed by atoms with Crippen LogP contribution < -0.4 is 16.0 Å². The molecule has 0 radical (unpaired) electrons. The van der Waals surface area contributed by atoms with Crippen molar-refractivity contribution in [1.82, 2.24) is 16.0 Å². The van der Waals surface area contributed by atoms with Crippen molar-refractivity contribution in [3.63, 3.8) is 0 Å². The average molecular weight is 804 g/mol. The second-order valence-corrected chi connectivity index (χ2v) is 16.2. The molecule has 0 unspecified atom stereocenters. The first-order chi connectivity index (χ1) is 27.8. The van der Waals surface area contributed by atoms with Crippen molar-refractivity contribution in [3.05, 3.63) is 35.9 Å². The van der Waals surface area contributed by atoms with Crippen molar-refractivity contribution in [3.8, 4) is 0 Å². The number of hydrogen-bond donors (Lipinski definition) is 6. The molecule has 11 nitrogen and oxygen atoms in total. The number of aryl methyl sites for hydroxylation is 1.